The molecule has 25 heavy (non-hydrogen) atoms. The maximum absolute atomic E-state index is 13.6. The maximum Gasteiger partial charge on any atom is 0.326 e. The molecule has 2 aromatic rings. The number of hydrogen-bond acceptors (Lipinski definition) is 3. The smallest absolute Gasteiger partial charge is 0.326 e. The molecule has 0 aliphatic carbocycles. The molecule has 2 aromatic carbocycles. The molecule has 0 fully saturated rings. The lowest BCUT2D eigenvalue weighted by atomic mass is 10.0. The first kappa shape index (κ1) is 18.4. The van der Waals surface area contributed by atoms with Crippen molar-refractivity contribution >= 4 is 11.9 Å². The van der Waals surface area contributed by atoms with Gasteiger partial charge in [-0.1, -0.05) is 42.5 Å². The van der Waals surface area contributed by atoms with E-state index in [1.165, 1.54) is 32.2 Å². The molecule has 1 N–H and O–H groups in total. The molecular weight excluding hydrogens is 325 g/mol. The number of para-hydroxylation sites is 1. The Morgan fingerprint density at radius 3 is 2.32 bits per heavy atom. The van der Waals surface area contributed by atoms with Crippen molar-refractivity contribution < 1.29 is 23.8 Å². The number of carbonyl (C=O) groups excluding carboxylic acids is 1. The minimum Gasteiger partial charge on any atom is -0.480 e. The van der Waals surface area contributed by atoms with Crippen LogP contribution in [0.5, 0.6) is 5.75 Å². The Bertz CT molecular complexity index is 735. The van der Waals surface area contributed by atoms with Gasteiger partial charge in [0.1, 0.15) is 6.04 Å². The minimum atomic E-state index is -1.11. The lowest BCUT2D eigenvalue weighted by Gasteiger charge is -2.27. The molecule has 0 heterocycles. The van der Waals surface area contributed by atoms with Crippen LogP contribution >= 0.6 is 0 Å². The fourth-order valence-electron chi connectivity index (χ4n) is 2.45. The average Bonchev–Trinajstić information content (AvgIpc) is 2.61. The van der Waals surface area contributed by atoms with Crippen molar-refractivity contribution in [3.8, 4) is 5.75 Å². The van der Waals surface area contributed by atoms with E-state index in [9.17, 15) is 19.1 Å². The van der Waals surface area contributed by atoms with Gasteiger partial charge in [0.15, 0.2) is 17.7 Å². The van der Waals surface area contributed by atoms with Crippen LogP contribution in [-0.4, -0.2) is 41.1 Å². The number of aliphatic carboxylic acids is 1. The van der Waals surface area contributed by atoms with E-state index < -0.39 is 29.8 Å². The SMILES string of the molecule is CC(Oc1ccccc1F)C(=O)N(C)C(Cc1ccccc1)C(=O)O. The number of carboxylic acid groups (broad SMARTS) is 1. The number of rotatable bonds is 7. The van der Waals surface area contributed by atoms with Crippen LogP contribution in [0.2, 0.25) is 0 Å². The minimum absolute atomic E-state index is 0.0494. The Labute approximate surface area is 145 Å². The molecule has 2 atom stereocenters. The Kier molecular flexibility index (Phi) is 6.11. The molecule has 1 amide bonds. The summed E-state index contributed by atoms with van der Waals surface area (Å²) >= 11 is 0. The Morgan fingerprint density at radius 1 is 1.12 bits per heavy atom. The van der Waals surface area contributed by atoms with Crippen molar-refractivity contribution in [3.05, 3.63) is 66.0 Å². The molecule has 0 aromatic heterocycles. The largest absolute Gasteiger partial charge is 0.480 e. The monoisotopic (exact) mass is 345 g/mol. The molecule has 0 saturated carbocycles. The summed E-state index contributed by atoms with van der Waals surface area (Å²) in [5, 5.41) is 9.47. The van der Waals surface area contributed by atoms with Crippen LogP contribution in [0.15, 0.2) is 54.6 Å². The van der Waals surface area contributed by atoms with Gasteiger partial charge in [-0.3, -0.25) is 4.79 Å². The van der Waals surface area contributed by atoms with Gasteiger partial charge >= 0.3 is 5.97 Å². The first-order valence-electron chi connectivity index (χ1n) is 7.84. The number of likely N-dealkylation sites (N-methyl/N-ethyl adjacent to an activating group) is 1. The second-order valence-corrected chi connectivity index (χ2v) is 5.68. The van der Waals surface area contributed by atoms with Gasteiger partial charge in [0.2, 0.25) is 0 Å². The lowest BCUT2D eigenvalue weighted by Crippen LogP contribution is -2.48. The van der Waals surface area contributed by atoms with Gasteiger partial charge < -0.3 is 14.7 Å². The topological polar surface area (TPSA) is 66.8 Å². The summed E-state index contributed by atoms with van der Waals surface area (Å²) in [5.41, 5.74) is 0.803. The van der Waals surface area contributed by atoms with Crippen molar-refractivity contribution in [1.29, 1.82) is 0 Å². The highest BCUT2D eigenvalue weighted by molar-refractivity contribution is 5.86. The first-order chi connectivity index (χ1) is 11.9. The molecule has 132 valence electrons. The molecular formula is C19H20FNO4. The van der Waals surface area contributed by atoms with Crippen molar-refractivity contribution in [2.45, 2.75) is 25.5 Å². The number of ether oxygens (including phenoxy) is 1. The summed E-state index contributed by atoms with van der Waals surface area (Å²) in [7, 11) is 1.41. The summed E-state index contributed by atoms with van der Waals surface area (Å²) in [6.45, 7) is 1.46. The second kappa shape index (κ2) is 8.28. The van der Waals surface area contributed by atoms with E-state index in [0.29, 0.717) is 0 Å². The summed E-state index contributed by atoms with van der Waals surface area (Å²) in [5.74, 6) is -2.28. The standard InChI is InChI=1S/C19H20FNO4/c1-13(25-17-11-7-6-10-15(17)20)18(22)21(2)16(19(23)24)12-14-8-4-3-5-9-14/h3-11,13,16H,12H2,1-2H3,(H,23,24). The average molecular weight is 345 g/mol. The van der Waals surface area contributed by atoms with Gasteiger partial charge in [-0.2, -0.15) is 0 Å². The highest BCUT2D eigenvalue weighted by Gasteiger charge is 2.30. The Hall–Kier alpha value is -2.89. The van der Waals surface area contributed by atoms with Crippen LogP contribution in [0.4, 0.5) is 4.39 Å². The van der Waals surface area contributed by atoms with Crippen LogP contribution in [0, 0.1) is 5.82 Å². The van der Waals surface area contributed by atoms with Crippen LogP contribution in [0.3, 0.4) is 0 Å². The van der Waals surface area contributed by atoms with Crippen LogP contribution in [0.1, 0.15) is 12.5 Å². The summed E-state index contributed by atoms with van der Waals surface area (Å²) in [6, 6.07) is 13.8. The molecule has 0 saturated heterocycles. The third kappa shape index (κ3) is 4.79. The second-order valence-electron chi connectivity index (χ2n) is 5.68. The van der Waals surface area contributed by atoms with Crippen LogP contribution < -0.4 is 4.74 Å². The normalized spacial score (nSPS) is 12.9. The van der Waals surface area contributed by atoms with Crippen molar-refractivity contribution in [2.75, 3.05) is 7.05 Å². The van der Waals surface area contributed by atoms with E-state index in [0.717, 1.165) is 10.5 Å². The molecule has 5 nitrogen and oxygen atoms in total. The number of carboxylic acids is 1. The molecule has 2 rings (SSSR count). The number of benzene rings is 2. The molecule has 0 radical (unpaired) electrons. The third-order valence-electron chi connectivity index (χ3n) is 3.86. The van der Waals surface area contributed by atoms with Gasteiger partial charge in [0.05, 0.1) is 0 Å². The van der Waals surface area contributed by atoms with Gasteiger partial charge in [-0.15, -0.1) is 0 Å². The Morgan fingerprint density at radius 2 is 1.72 bits per heavy atom. The van der Waals surface area contributed by atoms with Gasteiger partial charge in [0, 0.05) is 13.5 Å². The quantitative estimate of drug-likeness (QED) is 0.838. The fraction of sp³-hybridized carbons (Fsp3) is 0.263. The van der Waals surface area contributed by atoms with Crippen molar-refractivity contribution in [1.82, 2.24) is 4.90 Å². The number of carbonyl (C=O) groups is 2. The number of halogens is 1. The lowest BCUT2D eigenvalue weighted by molar-refractivity contribution is -0.151. The molecule has 0 bridgehead atoms. The number of nitrogens with zero attached hydrogens (tertiary/aromatic N) is 1. The molecule has 0 aliphatic heterocycles. The summed E-state index contributed by atoms with van der Waals surface area (Å²) in [4.78, 5) is 25.2. The maximum atomic E-state index is 13.6. The van der Waals surface area contributed by atoms with E-state index >= 15 is 0 Å². The predicted molar refractivity (Wildman–Crippen MR) is 90.8 cm³/mol. The van der Waals surface area contributed by atoms with E-state index in [1.54, 1.807) is 30.3 Å². The van der Waals surface area contributed by atoms with E-state index in [-0.39, 0.29) is 12.2 Å². The van der Waals surface area contributed by atoms with Crippen LogP contribution in [0.25, 0.3) is 0 Å². The van der Waals surface area contributed by atoms with Gasteiger partial charge in [-0.05, 0) is 24.6 Å². The van der Waals surface area contributed by atoms with E-state index in [4.69, 9.17) is 4.74 Å². The highest BCUT2D eigenvalue weighted by atomic mass is 19.1. The van der Waals surface area contributed by atoms with Gasteiger partial charge in [0.25, 0.3) is 5.91 Å². The summed E-state index contributed by atoms with van der Waals surface area (Å²) < 4.78 is 19.0. The van der Waals surface area contributed by atoms with Crippen molar-refractivity contribution in [2.24, 2.45) is 0 Å². The van der Waals surface area contributed by atoms with E-state index in [2.05, 4.69) is 0 Å². The third-order valence-corrected chi connectivity index (χ3v) is 3.86. The zero-order chi connectivity index (χ0) is 18.4. The predicted octanol–water partition coefficient (Wildman–Crippen LogP) is 2.75. The van der Waals surface area contributed by atoms with Crippen molar-refractivity contribution in [3.63, 3.8) is 0 Å². The number of hydrogen-bond donors (Lipinski definition) is 1. The first-order valence-corrected chi connectivity index (χ1v) is 7.84. The highest BCUT2D eigenvalue weighted by Crippen LogP contribution is 2.18. The zero-order valence-corrected chi connectivity index (χ0v) is 14.1. The summed E-state index contributed by atoms with van der Waals surface area (Å²) in [6.07, 6.45) is -0.843. The van der Waals surface area contributed by atoms with Gasteiger partial charge in [-0.25, -0.2) is 9.18 Å². The molecule has 2 unspecified atom stereocenters. The number of amides is 1. The molecule has 6 heteroatoms. The van der Waals surface area contributed by atoms with E-state index in [1.807, 2.05) is 6.07 Å². The van der Waals surface area contributed by atoms with Crippen LogP contribution in [-0.2, 0) is 16.0 Å². The fourth-order valence-corrected chi connectivity index (χ4v) is 2.45. The molecule has 0 spiro atoms. The zero-order valence-electron chi connectivity index (χ0n) is 14.1. The molecule has 0 aliphatic rings. The Balaban J connectivity index is 2.09.